The minimum absolute atomic E-state index is 1.09. The van der Waals surface area contributed by atoms with E-state index in [0.717, 1.165) is 4.47 Å². The van der Waals surface area contributed by atoms with Crippen LogP contribution in [0.1, 0.15) is 0 Å². The van der Waals surface area contributed by atoms with Crippen molar-refractivity contribution in [2.75, 3.05) is 0 Å². The van der Waals surface area contributed by atoms with E-state index in [1.54, 1.807) is 0 Å². The van der Waals surface area contributed by atoms with E-state index in [2.05, 4.69) is 86.0 Å². The second kappa shape index (κ2) is 5.95. The molecule has 0 aliphatic carbocycles. The lowest BCUT2D eigenvalue weighted by Gasteiger charge is -2.38. The Morgan fingerprint density at radius 3 is 1.42 bits per heavy atom. The minimum atomic E-state index is -2.32. The van der Waals surface area contributed by atoms with Gasteiger partial charge in [0.1, 0.15) is 0 Å². The molecule has 6 heteroatoms. The summed E-state index contributed by atoms with van der Waals surface area (Å²) < 4.78 is 14.1. The summed E-state index contributed by atoms with van der Waals surface area (Å²) in [5.41, 5.74) is 0. The zero-order chi connectivity index (χ0) is 14.9. The van der Waals surface area contributed by atoms with Gasteiger partial charge in [0.15, 0.2) is 16.6 Å². The molecule has 1 aromatic carbocycles. The smallest absolute Gasteiger partial charge is 0.348 e. The van der Waals surface area contributed by atoms with E-state index < -0.39 is 25.2 Å². The van der Waals surface area contributed by atoms with E-state index in [-0.39, 0.29) is 0 Å². The van der Waals surface area contributed by atoms with Gasteiger partial charge in [-0.3, -0.25) is 0 Å². The summed E-state index contributed by atoms with van der Waals surface area (Å²) in [6.07, 6.45) is 0. The molecule has 0 aliphatic heterocycles. The lowest BCUT2D eigenvalue weighted by atomic mass is 10.4. The van der Waals surface area contributed by atoms with Crippen LogP contribution in [0.5, 0.6) is 0 Å². The Balaban J connectivity index is 3.14. The van der Waals surface area contributed by atoms with Gasteiger partial charge in [-0.25, -0.2) is 0 Å². The molecule has 0 radical (unpaired) electrons. The predicted octanol–water partition coefficient (Wildman–Crippen LogP) is 4.43. The third-order valence-electron chi connectivity index (χ3n) is 2.37. The van der Waals surface area contributed by atoms with Gasteiger partial charge in [-0.05, 0) is 63.1 Å². The van der Waals surface area contributed by atoms with Gasteiger partial charge in [-0.2, -0.15) is 0 Å². The summed E-state index contributed by atoms with van der Waals surface area (Å²) in [6, 6.07) is 8.41. The molecule has 2 nitrogen and oxygen atoms in total. The van der Waals surface area contributed by atoms with Crippen molar-refractivity contribution in [1.82, 2.24) is 0 Å². The highest BCUT2D eigenvalue weighted by molar-refractivity contribution is 9.10. The van der Waals surface area contributed by atoms with Crippen molar-refractivity contribution >= 4 is 46.3 Å². The molecular weight excluding hydrogens is 352 g/mol. The first-order chi connectivity index (χ1) is 8.41. The summed E-state index contributed by atoms with van der Waals surface area (Å²) in [5, 5.41) is 1.22. The Morgan fingerprint density at radius 2 is 1.11 bits per heavy atom. The van der Waals surface area contributed by atoms with E-state index in [1.807, 2.05) is 0 Å². The molecule has 0 N–H and O–H groups in total. The third-order valence-corrected chi connectivity index (χ3v) is 12.3. The molecule has 0 unspecified atom stereocenters. The number of halogens is 1. The van der Waals surface area contributed by atoms with Gasteiger partial charge in [0, 0.05) is 4.47 Å². The Morgan fingerprint density at radius 1 is 0.737 bits per heavy atom. The van der Waals surface area contributed by atoms with Crippen LogP contribution in [0, 0.1) is 0 Å². The van der Waals surface area contributed by atoms with E-state index in [0.29, 0.717) is 0 Å². The van der Waals surface area contributed by atoms with Crippen molar-refractivity contribution in [2.45, 2.75) is 45.8 Å². The predicted molar refractivity (Wildman–Crippen MR) is 94.3 cm³/mol. The molecule has 108 valence electrons. The van der Waals surface area contributed by atoms with Gasteiger partial charge < -0.3 is 8.23 Å². The fourth-order valence-corrected chi connectivity index (χ4v) is 13.9. The maximum atomic E-state index is 6.50. The fourth-order valence-electron chi connectivity index (χ4n) is 2.06. The summed E-state index contributed by atoms with van der Waals surface area (Å²) in [5.74, 6) is 0. The van der Waals surface area contributed by atoms with Crippen LogP contribution in [0.15, 0.2) is 28.7 Å². The molecule has 0 spiro atoms. The first-order valence-electron chi connectivity index (χ1n) is 6.58. The van der Waals surface area contributed by atoms with Crippen LogP contribution >= 0.6 is 15.9 Å². The molecule has 0 saturated heterocycles. The highest BCUT2D eigenvalue weighted by Crippen LogP contribution is 2.21. The Bertz CT molecular complexity index is 405. The van der Waals surface area contributed by atoms with Gasteiger partial charge in [-0.15, -0.1) is 0 Å². The zero-order valence-electron chi connectivity index (χ0n) is 13.0. The molecule has 0 amide bonds. The van der Waals surface area contributed by atoms with Gasteiger partial charge in [0.05, 0.1) is 0 Å². The van der Waals surface area contributed by atoms with Crippen molar-refractivity contribution < 1.29 is 8.23 Å². The van der Waals surface area contributed by atoms with Crippen molar-refractivity contribution in [1.29, 1.82) is 0 Å². The van der Waals surface area contributed by atoms with Gasteiger partial charge in [0.2, 0.25) is 0 Å². The van der Waals surface area contributed by atoms with Crippen molar-refractivity contribution in [3.63, 3.8) is 0 Å². The van der Waals surface area contributed by atoms with E-state index in [1.165, 1.54) is 5.19 Å². The molecule has 0 atom stereocenters. The molecule has 0 bridgehead atoms. The van der Waals surface area contributed by atoms with Crippen molar-refractivity contribution in [3.8, 4) is 0 Å². The molecule has 0 aromatic heterocycles. The minimum Gasteiger partial charge on any atom is -0.433 e. The van der Waals surface area contributed by atoms with Crippen LogP contribution in [0.25, 0.3) is 0 Å². The highest BCUT2D eigenvalue weighted by atomic mass is 79.9. The van der Waals surface area contributed by atoms with Crippen LogP contribution in [-0.4, -0.2) is 25.2 Å². The highest BCUT2D eigenvalue weighted by Gasteiger charge is 2.42. The summed E-state index contributed by atoms with van der Waals surface area (Å²) in [6.45, 7) is 15.5. The monoisotopic (exact) mass is 376 g/mol. The molecule has 19 heavy (non-hydrogen) atoms. The molecule has 0 fully saturated rings. The summed E-state index contributed by atoms with van der Waals surface area (Å²) in [7, 11) is -5.60. The Hall–Kier alpha value is 0.271. The lowest BCUT2D eigenvalue weighted by molar-refractivity contribution is 0.404. The zero-order valence-corrected chi connectivity index (χ0v) is 17.6. The van der Waals surface area contributed by atoms with Crippen LogP contribution in [0.4, 0.5) is 0 Å². The largest absolute Gasteiger partial charge is 0.433 e. The molecule has 1 aromatic rings. The Kier molecular flexibility index (Phi) is 5.42. The maximum Gasteiger partial charge on any atom is 0.348 e. The average Bonchev–Trinajstić information content (AvgIpc) is 2.11. The Labute approximate surface area is 129 Å². The van der Waals surface area contributed by atoms with Crippen LogP contribution in [0.3, 0.4) is 0 Å². The average molecular weight is 378 g/mol. The normalized spacial score (nSPS) is 13.7. The first-order valence-corrected chi connectivity index (χ1v) is 16.5. The number of hydrogen-bond donors (Lipinski definition) is 0. The fraction of sp³-hybridized carbons (Fsp3) is 0.538. The number of hydrogen-bond acceptors (Lipinski definition) is 2. The molecule has 0 heterocycles. The quantitative estimate of drug-likeness (QED) is 0.707. The van der Waals surface area contributed by atoms with E-state index in [4.69, 9.17) is 8.23 Å². The SMILES string of the molecule is C[Si](C)(C)O[Si](C)(O[Si](C)(C)C)c1ccc(Br)cc1. The molecule has 0 saturated carbocycles. The molecule has 0 aliphatic rings. The van der Waals surface area contributed by atoms with Gasteiger partial charge in [-0.1, -0.05) is 28.1 Å². The number of benzene rings is 1. The lowest BCUT2D eigenvalue weighted by Crippen LogP contribution is -2.60. The van der Waals surface area contributed by atoms with Crippen LogP contribution < -0.4 is 5.19 Å². The second-order valence-electron chi connectivity index (χ2n) is 6.88. The van der Waals surface area contributed by atoms with Gasteiger partial charge in [0.25, 0.3) is 0 Å². The van der Waals surface area contributed by atoms with Crippen molar-refractivity contribution in [3.05, 3.63) is 28.7 Å². The molecule has 1 rings (SSSR count). The standard InChI is InChI=1S/C13H25BrO2Si3/c1-17(2,3)15-19(7,16-18(4,5)6)13-10-8-12(14)9-11-13/h8-11H,1-7H3. The topological polar surface area (TPSA) is 18.5 Å². The first kappa shape index (κ1) is 17.3. The number of rotatable bonds is 5. The maximum absolute atomic E-state index is 6.50. The van der Waals surface area contributed by atoms with Crippen LogP contribution in [-0.2, 0) is 8.23 Å². The van der Waals surface area contributed by atoms with E-state index in [9.17, 15) is 0 Å². The van der Waals surface area contributed by atoms with E-state index >= 15 is 0 Å². The second-order valence-corrected chi connectivity index (χ2v) is 20.3. The summed E-state index contributed by atoms with van der Waals surface area (Å²) in [4.78, 5) is 0. The molecular formula is C13H25BrO2Si3. The summed E-state index contributed by atoms with van der Waals surface area (Å²) >= 11 is 3.49. The van der Waals surface area contributed by atoms with Crippen LogP contribution in [0.2, 0.25) is 45.8 Å². The van der Waals surface area contributed by atoms with Gasteiger partial charge >= 0.3 is 8.56 Å². The van der Waals surface area contributed by atoms with Crippen molar-refractivity contribution in [2.24, 2.45) is 0 Å². The third kappa shape index (κ3) is 6.05.